The number of benzene rings is 1. The summed E-state index contributed by atoms with van der Waals surface area (Å²) in [5.41, 5.74) is -2.21. The normalized spacial score (nSPS) is 12.1. The Morgan fingerprint density at radius 2 is 1.92 bits per heavy atom. The van der Waals surface area contributed by atoms with E-state index in [4.69, 9.17) is 5.11 Å². The number of aryl methyl sites for hydroxylation is 1. The predicted octanol–water partition coefficient (Wildman–Crippen LogP) is 4.36. The summed E-state index contributed by atoms with van der Waals surface area (Å²) >= 11 is 0. The number of alkyl halides is 5. The van der Waals surface area contributed by atoms with Gasteiger partial charge in [-0.1, -0.05) is 6.07 Å². The smallest absolute Gasteiger partial charge is 0.416 e. The first-order valence-electron chi connectivity index (χ1n) is 7.18. The minimum atomic E-state index is -4.55. The molecule has 1 N–H and O–H groups in total. The molecule has 2 heterocycles. The van der Waals surface area contributed by atoms with Gasteiger partial charge in [0.25, 0.3) is 6.43 Å². The number of rotatable bonds is 3. The molecule has 5 nitrogen and oxygen atoms in total. The molecule has 2 aromatic heterocycles. The molecule has 0 unspecified atom stereocenters. The lowest BCUT2D eigenvalue weighted by Gasteiger charge is -2.12. The second-order valence-corrected chi connectivity index (χ2v) is 5.49. The zero-order valence-corrected chi connectivity index (χ0v) is 13.1. The number of halogens is 5. The molecule has 0 atom stereocenters. The second-order valence-electron chi connectivity index (χ2n) is 5.49. The van der Waals surface area contributed by atoms with E-state index >= 15 is 0 Å². The van der Waals surface area contributed by atoms with Crippen molar-refractivity contribution in [2.24, 2.45) is 0 Å². The van der Waals surface area contributed by atoms with Crippen LogP contribution in [0.4, 0.5) is 22.0 Å². The summed E-state index contributed by atoms with van der Waals surface area (Å²) in [6.07, 6.45) is -6.65. The Balaban J connectivity index is 2.23. The van der Waals surface area contributed by atoms with Gasteiger partial charge in [-0.3, -0.25) is 0 Å². The molecule has 0 fully saturated rings. The van der Waals surface area contributed by atoms with Crippen LogP contribution in [0.15, 0.2) is 30.5 Å². The monoisotopic (exact) mass is 371 g/mol. The lowest BCUT2D eigenvalue weighted by Crippen LogP contribution is -2.08. The van der Waals surface area contributed by atoms with E-state index in [1.807, 2.05) is 0 Å². The summed E-state index contributed by atoms with van der Waals surface area (Å²) in [6.45, 7) is 1.24. The fourth-order valence-corrected chi connectivity index (χ4v) is 2.58. The summed E-state index contributed by atoms with van der Waals surface area (Å²) in [5.74, 6) is -1.41. The summed E-state index contributed by atoms with van der Waals surface area (Å²) in [7, 11) is 0. The first-order valence-corrected chi connectivity index (χ1v) is 7.18. The van der Waals surface area contributed by atoms with Crippen molar-refractivity contribution in [3.63, 3.8) is 0 Å². The van der Waals surface area contributed by atoms with E-state index < -0.39 is 35.4 Å². The molecule has 0 radical (unpaired) electrons. The SMILES string of the molecule is Cc1cc(-c2cc(C(F)F)n3ncc(C(=O)O)c3n2)ccc1C(F)(F)F. The van der Waals surface area contributed by atoms with Gasteiger partial charge in [-0.05, 0) is 30.7 Å². The maximum absolute atomic E-state index is 13.3. The highest BCUT2D eigenvalue weighted by Gasteiger charge is 2.32. The molecule has 136 valence electrons. The van der Waals surface area contributed by atoms with Crippen LogP contribution in [0, 0.1) is 6.92 Å². The fourth-order valence-electron chi connectivity index (χ4n) is 2.58. The van der Waals surface area contributed by atoms with Gasteiger partial charge in [0.15, 0.2) is 5.65 Å². The second kappa shape index (κ2) is 6.04. The van der Waals surface area contributed by atoms with E-state index in [1.165, 1.54) is 6.92 Å². The predicted molar refractivity (Wildman–Crippen MR) is 80.1 cm³/mol. The lowest BCUT2D eigenvalue weighted by atomic mass is 10.0. The van der Waals surface area contributed by atoms with Crippen LogP contribution in [0.3, 0.4) is 0 Å². The molecule has 26 heavy (non-hydrogen) atoms. The highest BCUT2D eigenvalue weighted by molar-refractivity contribution is 5.94. The number of hydrogen-bond acceptors (Lipinski definition) is 3. The Morgan fingerprint density at radius 1 is 1.23 bits per heavy atom. The Labute approximate surface area is 142 Å². The maximum atomic E-state index is 13.3. The van der Waals surface area contributed by atoms with Crippen molar-refractivity contribution in [3.05, 3.63) is 52.8 Å². The molecule has 0 saturated carbocycles. The molecule has 3 aromatic rings. The molecule has 0 spiro atoms. The molecular weight excluding hydrogens is 361 g/mol. The number of aromatic nitrogens is 3. The van der Waals surface area contributed by atoms with Gasteiger partial charge < -0.3 is 5.11 Å². The number of nitrogens with zero attached hydrogens (tertiary/aromatic N) is 3. The van der Waals surface area contributed by atoms with Crippen LogP contribution in [0.2, 0.25) is 0 Å². The van der Waals surface area contributed by atoms with Gasteiger partial charge in [0.1, 0.15) is 11.3 Å². The Morgan fingerprint density at radius 3 is 2.46 bits per heavy atom. The van der Waals surface area contributed by atoms with Crippen molar-refractivity contribution in [2.75, 3.05) is 0 Å². The average Bonchev–Trinajstić information content (AvgIpc) is 2.96. The third-order valence-corrected chi connectivity index (χ3v) is 3.78. The number of carboxylic acids is 1. The van der Waals surface area contributed by atoms with E-state index in [1.54, 1.807) is 0 Å². The van der Waals surface area contributed by atoms with Crippen LogP contribution in [0.1, 0.15) is 33.6 Å². The van der Waals surface area contributed by atoms with Gasteiger partial charge in [-0.25, -0.2) is 23.1 Å². The third kappa shape index (κ3) is 2.98. The molecule has 0 amide bonds. The minimum absolute atomic E-state index is 0.0763. The van der Waals surface area contributed by atoms with Crippen LogP contribution in [-0.4, -0.2) is 25.7 Å². The van der Waals surface area contributed by atoms with Crippen molar-refractivity contribution in [3.8, 4) is 11.3 Å². The number of hydrogen-bond donors (Lipinski definition) is 1. The zero-order chi connectivity index (χ0) is 19.2. The van der Waals surface area contributed by atoms with Gasteiger partial charge in [-0.2, -0.15) is 18.3 Å². The standard InChI is InChI=1S/C16H10F5N3O2/c1-7-4-8(2-3-10(7)16(19,20)21)11-5-12(13(17)18)24-14(23-11)9(6-22-24)15(25)26/h2-6,13H,1H3,(H,25,26). The van der Waals surface area contributed by atoms with Crippen LogP contribution in [-0.2, 0) is 6.18 Å². The highest BCUT2D eigenvalue weighted by Crippen LogP contribution is 2.34. The van der Waals surface area contributed by atoms with Crippen molar-refractivity contribution >= 4 is 11.6 Å². The molecule has 10 heteroatoms. The molecule has 3 rings (SSSR count). The highest BCUT2D eigenvalue weighted by atomic mass is 19.4. The molecule has 0 aliphatic heterocycles. The van der Waals surface area contributed by atoms with Gasteiger partial charge in [0, 0.05) is 5.56 Å². The van der Waals surface area contributed by atoms with Gasteiger partial charge in [0.2, 0.25) is 0 Å². The number of fused-ring (bicyclic) bond motifs is 1. The Bertz CT molecular complexity index is 1010. The fraction of sp³-hybridized carbons (Fsp3) is 0.188. The number of carbonyl (C=O) groups is 1. The Hall–Kier alpha value is -3.04. The summed E-state index contributed by atoms with van der Waals surface area (Å²) in [5, 5.41) is 12.7. The molecule has 0 aliphatic carbocycles. The third-order valence-electron chi connectivity index (χ3n) is 3.78. The number of aromatic carboxylic acids is 1. The van der Waals surface area contributed by atoms with E-state index in [9.17, 15) is 26.7 Å². The van der Waals surface area contributed by atoms with Crippen molar-refractivity contribution < 1.29 is 31.9 Å². The first-order chi connectivity index (χ1) is 12.1. The molecule has 1 aromatic carbocycles. The molecular formula is C16H10F5N3O2. The average molecular weight is 371 g/mol. The van der Waals surface area contributed by atoms with Gasteiger partial charge in [-0.15, -0.1) is 0 Å². The molecule has 0 saturated heterocycles. The first kappa shape index (κ1) is 17.8. The van der Waals surface area contributed by atoms with Crippen LogP contribution >= 0.6 is 0 Å². The van der Waals surface area contributed by atoms with E-state index in [0.29, 0.717) is 4.52 Å². The van der Waals surface area contributed by atoms with Crippen LogP contribution in [0.5, 0.6) is 0 Å². The van der Waals surface area contributed by atoms with Gasteiger partial charge in [0.05, 0.1) is 17.5 Å². The number of carboxylic acid groups (broad SMARTS) is 1. The van der Waals surface area contributed by atoms with E-state index in [-0.39, 0.29) is 22.5 Å². The quantitative estimate of drug-likeness (QED) is 0.695. The van der Waals surface area contributed by atoms with E-state index in [2.05, 4.69) is 10.1 Å². The van der Waals surface area contributed by atoms with Crippen LogP contribution in [0.25, 0.3) is 16.9 Å². The van der Waals surface area contributed by atoms with Gasteiger partial charge >= 0.3 is 12.1 Å². The van der Waals surface area contributed by atoms with Crippen LogP contribution < -0.4 is 0 Å². The maximum Gasteiger partial charge on any atom is 0.416 e. The van der Waals surface area contributed by atoms with Crippen molar-refractivity contribution in [2.45, 2.75) is 19.5 Å². The van der Waals surface area contributed by atoms with E-state index in [0.717, 1.165) is 30.5 Å². The largest absolute Gasteiger partial charge is 0.477 e. The lowest BCUT2D eigenvalue weighted by molar-refractivity contribution is -0.138. The minimum Gasteiger partial charge on any atom is -0.477 e. The summed E-state index contributed by atoms with van der Waals surface area (Å²) < 4.78 is 65.9. The molecule has 0 aliphatic rings. The molecule has 0 bridgehead atoms. The summed E-state index contributed by atoms with van der Waals surface area (Å²) in [6, 6.07) is 4.06. The topological polar surface area (TPSA) is 67.5 Å². The zero-order valence-electron chi connectivity index (χ0n) is 13.1. The van der Waals surface area contributed by atoms with Crippen molar-refractivity contribution in [1.29, 1.82) is 0 Å². The Kier molecular flexibility index (Phi) is 4.13. The summed E-state index contributed by atoms with van der Waals surface area (Å²) in [4.78, 5) is 15.2. The van der Waals surface area contributed by atoms with Crippen molar-refractivity contribution in [1.82, 2.24) is 14.6 Å².